The molecule has 2 N–H and O–H groups in total. The Morgan fingerprint density at radius 1 is 0.909 bits per heavy atom. The number of aromatic nitrogens is 2. The number of nitrogens with one attached hydrogen (secondary N) is 2. The van der Waals surface area contributed by atoms with E-state index in [1.54, 1.807) is 0 Å². The second-order valence-electron chi connectivity index (χ2n) is 4.06. The van der Waals surface area contributed by atoms with Crippen molar-refractivity contribution in [3.63, 3.8) is 0 Å². The summed E-state index contributed by atoms with van der Waals surface area (Å²) in [4.78, 5) is 30.6. The zero-order valence-electron chi connectivity index (χ0n) is 10.9. The van der Waals surface area contributed by atoms with Crippen LogP contribution in [0.15, 0.2) is 42.7 Å². The molecule has 0 spiro atoms. The Balaban J connectivity index is 1.98. The fraction of sp³-hybridized carbons (Fsp3) is 0.0769. The molecule has 2 amide bonds. The van der Waals surface area contributed by atoms with E-state index in [-0.39, 0.29) is 11.6 Å². The van der Waals surface area contributed by atoms with Gasteiger partial charge in [-0.3, -0.25) is 14.9 Å². The number of hydrogen-bond donors (Lipinski definition) is 2. The van der Waals surface area contributed by atoms with Gasteiger partial charge in [-0.25, -0.2) is 9.97 Å². The van der Waals surface area contributed by atoms with Gasteiger partial charge in [-0.15, -0.1) is 0 Å². The first kappa shape index (κ1) is 15.4. The third-order valence-electron chi connectivity index (χ3n) is 2.47. The molecule has 0 aliphatic rings. The van der Waals surface area contributed by atoms with Crippen LogP contribution in [-0.4, -0.2) is 21.8 Å². The Morgan fingerprint density at radius 3 is 2.00 bits per heavy atom. The molecule has 0 saturated carbocycles. The monoisotopic (exact) mass is 310 g/mol. The van der Waals surface area contributed by atoms with E-state index in [1.807, 2.05) is 0 Å². The van der Waals surface area contributed by atoms with Crippen molar-refractivity contribution in [2.45, 2.75) is 6.18 Å². The van der Waals surface area contributed by atoms with Crippen LogP contribution in [0.3, 0.4) is 0 Å². The summed E-state index contributed by atoms with van der Waals surface area (Å²) < 4.78 is 37.2. The quantitative estimate of drug-likeness (QED) is 0.832. The van der Waals surface area contributed by atoms with Crippen molar-refractivity contribution in [1.82, 2.24) is 9.97 Å². The van der Waals surface area contributed by atoms with Crippen LogP contribution in [0.4, 0.5) is 24.8 Å². The number of nitrogens with zero attached hydrogens (tertiary/aromatic N) is 2. The predicted octanol–water partition coefficient (Wildman–Crippen LogP) is 2.07. The first-order chi connectivity index (χ1) is 10.4. The number of carbonyl (C=O) groups excluding carboxylic acids is 2. The number of benzene rings is 1. The average molecular weight is 310 g/mol. The summed E-state index contributed by atoms with van der Waals surface area (Å²) in [7, 11) is 0. The Hall–Kier alpha value is -2.97. The van der Waals surface area contributed by atoms with Crippen molar-refractivity contribution < 1.29 is 22.8 Å². The topological polar surface area (TPSA) is 84.0 Å². The van der Waals surface area contributed by atoms with Crippen LogP contribution in [0.5, 0.6) is 0 Å². The minimum atomic E-state index is -4.47. The summed E-state index contributed by atoms with van der Waals surface area (Å²) in [6.07, 6.45) is -1.72. The van der Waals surface area contributed by atoms with Gasteiger partial charge in [0.2, 0.25) is 5.95 Å². The molecule has 0 fully saturated rings. The van der Waals surface area contributed by atoms with Crippen LogP contribution in [0.25, 0.3) is 0 Å². The predicted molar refractivity (Wildman–Crippen MR) is 70.7 cm³/mol. The summed E-state index contributed by atoms with van der Waals surface area (Å²) in [6.45, 7) is 0. The lowest BCUT2D eigenvalue weighted by Gasteiger charge is -2.08. The Kier molecular flexibility index (Phi) is 4.35. The number of anilines is 2. The lowest BCUT2D eigenvalue weighted by molar-refractivity contribution is -0.137. The lowest BCUT2D eigenvalue weighted by Crippen LogP contribution is -2.29. The van der Waals surface area contributed by atoms with E-state index in [9.17, 15) is 22.8 Å². The number of carbonyl (C=O) groups is 2. The molecule has 1 heterocycles. The number of alkyl halides is 3. The van der Waals surface area contributed by atoms with Crippen molar-refractivity contribution in [3.8, 4) is 0 Å². The van der Waals surface area contributed by atoms with Crippen molar-refractivity contribution in [2.24, 2.45) is 0 Å². The highest BCUT2D eigenvalue weighted by atomic mass is 19.4. The molecule has 0 saturated heterocycles. The second kappa shape index (κ2) is 6.20. The van der Waals surface area contributed by atoms with Gasteiger partial charge in [-0.2, -0.15) is 13.2 Å². The van der Waals surface area contributed by atoms with Gasteiger partial charge >= 0.3 is 18.0 Å². The zero-order valence-corrected chi connectivity index (χ0v) is 10.9. The third kappa shape index (κ3) is 4.01. The first-order valence-electron chi connectivity index (χ1n) is 5.93. The van der Waals surface area contributed by atoms with Crippen LogP contribution in [0.2, 0.25) is 0 Å². The molecule has 114 valence electrons. The minimum Gasteiger partial charge on any atom is -0.318 e. The van der Waals surface area contributed by atoms with E-state index in [0.717, 1.165) is 24.3 Å². The summed E-state index contributed by atoms with van der Waals surface area (Å²) in [6, 6.07) is 5.22. The van der Waals surface area contributed by atoms with Gasteiger partial charge in [0.15, 0.2) is 0 Å². The van der Waals surface area contributed by atoms with E-state index in [4.69, 9.17) is 0 Å². The zero-order chi connectivity index (χ0) is 16.2. The highest BCUT2D eigenvalue weighted by Gasteiger charge is 2.30. The first-order valence-corrected chi connectivity index (χ1v) is 5.93. The normalized spacial score (nSPS) is 10.9. The van der Waals surface area contributed by atoms with Crippen LogP contribution in [-0.2, 0) is 15.8 Å². The van der Waals surface area contributed by atoms with E-state index in [0.29, 0.717) is 0 Å². The summed E-state index contributed by atoms with van der Waals surface area (Å²) in [5.74, 6) is -2.15. The fourth-order valence-electron chi connectivity index (χ4n) is 1.45. The van der Waals surface area contributed by atoms with Crippen LogP contribution in [0.1, 0.15) is 5.56 Å². The molecule has 0 aliphatic heterocycles. The fourth-order valence-corrected chi connectivity index (χ4v) is 1.45. The van der Waals surface area contributed by atoms with Gasteiger partial charge in [-0.05, 0) is 30.3 Å². The Bertz CT molecular complexity index is 672. The lowest BCUT2D eigenvalue weighted by atomic mass is 10.2. The third-order valence-corrected chi connectivity index (χ3v) is 2.47. The van der Waals surface area contributed by atoms with Gasteiger partial charge in [0, 0.05) is 18.1 Å². The number of hydrogen-bond acceptors (Lipinski definition) is 4. The van der Waals surface area contributed by atoms with Gasteiger partial charge in [-0.1, -0.05) is 0 Å². The molecule has 6 nitrogen and oxygen atoms in total. The van der Waals surface area contributed by atoms with Crippen molar-refractivity contribution in [2.75, 3.05) is 10.6 Å². The molecular weight excluding hydrogens is 301 g/mol. The summed E-state index contributed by atoms with van der Waals surface area (Å²) in [5.41, 5.74) is -0.797. The molecule has 0 aliphatic carbocycles. The maximum Gasteiger partial charge on any atom is 0.416 e. The molecule has 1 aromatic heterocycles. The highest BCUT2D eigenvalue weighted by molar-refractivity contribution is 6.43. The molecule has 0 radical (unpaired) electrons. The molecule has 0 unspecified atom stereocenters. The Morgan fingerprint density at radius 2 is 1.45 bits per heavy atom. The van der Waals surface area contributed by atoms with Crippen LogP contribution < -0.4 is 10.6 Å². The second-order valence-corrected chi connectivity index (χ2v) is 4.06. The minimum absolute atomic E-state index is 0.0575. The molecule has 22 heavy (non-hydrogen) atoms. The van der Waals surface area contributed by atoms with Crippen molar-refractivity contribution in [1.29, 1.82) is 0 Å². The molecule has 0 atom stereocenters. The molecule has 2 rings (SSSR count). The number of amides is 2. The van der Waals surface area contributed by atoms with E-state index < -0.39 is 23.6 Å². The molecule has 1 aromatic carbocycles. The van der Waals surface area contributed by atoms with E-state index >= 15 is 0 Å². The standard InChI is InChI=1S/C13H9F3N4O2/c14-13(15,16)8-2-4-9(5-3-8)19-10(21)11(22)20-12-17-6-1-7-18-12/h1-7H,(H,19,21)(H,17,18,20,22). The van der Waals surface area contributed by atoms with Gasteiger partial charge < -0.3 is 5.32 Å². The van der Waals surface area contributed by atoms with Gasteiger partial charge in [0.25, 0.3) is 0 Å². The van der Waals surface area contributed by atoms with Crippen molar-refractivity contribution in [3.05, 3.63) is 48.3 Å². The van der Waals surface area contributed by atoms with Gasteiger partial charge in [0.05, 0.1) is 5.56 Å². The number of rotatable bonds is 2. The largest absolute Gasteiger partial charge is 0.416 e. The van der Waals surface area contributed by atoms with Crippen molar-refractivity contribution >= 4 is 23.5 Å². The van der Waals surface area contributed by atoms with E-state index in [1.165, 1.54) is 18.5 Å². The maximum atomic E-state index is 12.4. The van der Waals surface area contributed by atoms with Gasteiger partial charge in [0.1, 0.15) is 0 Å². The SMILES string of the molecule is O=C(Nc1ccc(C(F)(F)F)cc1)C(=O)Nc1ncccn1. The summed E-state index contributed by atoms with van der Waals surface area (Å²) in [5, 5.41) is 4.31. The Labute approximate surface area is 122 Å². The molecular formula is C13H9F3N4O2. The molecule has 0 bridgehead atoms. The average Bonchev–Trinajstić information content (AvgIpc) is 2.48. The molecule has 9 heteroatoms. The summed E-state index contributed by atoms with van der Waals surface area (Å²) >= 11 is 0. The highest BCUT2D eigenvalue weighted by Crippen LogP contribution is 2.29. The van der Waals surface area contributed by atoms with Crippen LogP contribution in [0, 0.1) is 0 Å². The smallest absolute Gasteiger partial charge is 0.318 e. The molecule has 2 aromatic rings. The van der Waals surface area contributed by atoms with Crippen LogP contribution >= 0.6 is 0 Å². The maximum absolute atomic E-state index is 12.4. The number of halogens is 3. The van der Waals surface area contributed by atoms with E-state index in [2.05, 4.69) is 20.6 Å².